The van der Waals surface area contributed by atoms with Crippen molar-refractivity contribution in [1.82, 2.24) is 5.32 Å². The van der Waals surface area contributed by atoms with Crippen molar-refractivity contribution in [3.8, 4) is 11.8 Å². The second-order valence-electron chi connectivity index (χ2n) is 5.30. The first-order chi connectivity index (χ1) is 9.70. The molecule has 1 saturated carbocycles. The van der Waals surface area contributed by atoms with E-state index in [9.17, 15) is 4.79 Å². The van der Waals surface area contributed by atoms with Crippen molar-refractivity contribution >= 4 is 17.2 Å². The molecule has 2 N–H and O–H groups in total. The van der Waals surface area contributed by atoms with Crippen LogP contribution < -0.4 is 5.32 Å². The number of aliphatic hydroxyl groups excluding tert-OH is 1. The van der Waals surface area contributed by atoms with Crippen molar-refractivity contribution in [2.75, 3.05) is 13.2 Å². The molecule has 1 aliphatic rings. The Kier molecular flexibility index (Phi) is 5.63. The fourth-order valence-electron chi connectivity index (χ4n) is 2.55. The average molecular weight is 291 g/mol. The average Bonchev–Trinajstić information content (AvgIpc) is 2.85. The smallest absolute Gasteiger partial charge is 0.261 e. The van der Waals surface area contributed by atoms with Crippen molar-refractivity contribution in [2.45, 2.75) is 39.0 Å². The van der Waals surface area contributed by atoms with E-state index < -0.39 is 0 Å². The molecule has 0 atom stereocenters. The Labute approximate surface area is 124 Å². The predicted molar refractivity (Wildman–Crippen MR) is 81.9 cm³/mol. The van der Waals surface area contributed by atoms with E-state index in [-0.39, 0.29) is 12.5 Å². The summed E-state index contributed by atoms with van der Waals surface area (Å²) in [5, 5.41) is 11.8. The topological polar surface area (TPSA) is 49.3 Å². The minimum absolute atomic E-state index is 0.000668. The van der Waals surface area contributed by atoms with Gasteiger partial charge in [0.15, 0.2) is 0 Å². The molecule has 4 heteroatoms. The van der Waals surface area contributed by atoms with E-state index in [4.69, 9.17) is 5.11 Å². The third kappa shape index (κ3) is 4.09. The first-order valence-corrected chi connectivity index (χ1v) is 8.00. The second-order valence-corrected chi connectivity index (χ2v) is 6.35. The highest BCUT2D eigenvalue weighted by atomic mass is 32.1. The number of thiophene rings is 1. The van der Waals surface area contributed by atoms with Crippen LogP contribution in [0.3, 0.4) is 0 Å². The van der Waals surface area contributed by atoms with E-state index >= 15 is 0 Å². The second kappa shape index (κ2) is 7.47. The molecule has 108 valence electrons. The summed E-state index contributed by atoms with van der Waals surface area (Å²) in [7, 11) is 0. The fraction of sp³-hybridized carbons (Fsp3) is 0.562. The summed E-state index contributed by atoms with van der Waals surface area (Å²) in [6.07, 6.45) is 6.38. The number of hydrogen-bond donors (Lipinski definition) is 2. The lowest BCUT2D eigenvalue weighted by Crippen LogP contribution is -2.29. The molecule has 0 aliphatic heterocycles. The van der Waals surface area contributed by atoms with Gasteiger partial charge in [0.25, 0.3) is 5.91 Å². The molecule has 3 nitrogen and oxygen atoms in total. The number of rotatable bonds is 3. The molecule has 20 heavy (non-hydrogen) atoms. The molecule has 0 bridgehead atoms. The molecule has 1 aliphatic carbocycles. The summed E-state index contributed by atoms with van der Waals surface area (Å²) in [4.78, 5) is 13.7. The van der Waals surface area contributed by atoms with Crippen LogP contribution in [0.2, 0.25) is 0 Å². The van der Waals surface area contributed by atoms with Crippen LogP contribution >= 0.6 is 11.3 Å². The van der Waals surface area contributed by atoms with Gasteiger partial charge in [-0.2, -0.15) is 0 Å². The van der Waals surface area contributed by atoms with Gasteiger partial charge in [-0.05, 0) is 37.3 Å². The summed E-state index contributed by atoms with van der Waals surface area (Å²) in [6, 6.07) is 1.88. The SMILES string of the molecule is Cc1cc(C(=O)NCC2CCCCC2)sc1C#CCO. The normalized spacial score (nSPS) is 15.5. The summed E-state index contributed by atoms with van der Waals surface area (Å²) < 4.78 is 0. The minimum Gasteiger partial charge on any atom is -0.384 e. The number of aliphatic hydroxyl groups is 1. The Morgan fingerprint density at radius 1 is 1.45 bits per heavy atom. The van der Waals surface area contributed by atoms with Gasteiger partial charge < -0.3 is 10.4 Å². The first kappa shape index (κ1) is 15.1. The zero-order chi connectivity index (χ0) is 14.4. The van der Waals surface area contributed by atoms with Gasteiger partial charge >= 0.3 is 0 Å². The first-order valence-electron chi connectivity index (χ1n) is 7.19. The maximum atomic E-state index is 12.1. The lowest BCUT2D eigenvalue weighted by atomic mass is 9.89. The highest BCUT2D eigenvalue weighted by Crippen LogP contribution is 2.24. The Morgan fingerprint density at radius 2 is 2.20 bits per heavy atom. The fourth-order valence-corrected chi connectivity index (χ4v) is 3.52. The summed E-state index contributed by atoms with van der Waals surface area (Å²) >= 11 is 1.40. The number of hydrogen-bond acceptors (Lipinski definition) is 3. The van der Waals surface area contributed by atoms with Crippen LogP contribution in [0.4, 0.5) is 0 Å². The zero-order valence-corrected chi connectivity index (χ0v) is 12.7. The highest BCUT2D eigenvalue weighted by Gasteiger charge is 2.16. The maximum absolute atomic E-state index is 12.1. The van der Waals surface area contributed by atoms with Crippen LogP contribution in [-0.4, -0.2) is 24.2 Å². The van der Waals surface area contributed by atoms with Crippen molar-refractivity contribution < 1.29 is 9.90 Å². The molecular weight excluding hydrogens is 270 g/mol. The van der Waals surface area contributed by atoms with Gasteiger partial charge in [-0.1, -0.05) is 31.1 Å². The van der Waals surface area contributed by atoms with Crippen LogP contribution in [0.1, 0.15) is 52.2 Å². The monoisotopic (exact) mass is 291 g/mol. The van der Waals surface area contributed by atoms with E-state index in [0.717, 1.165) is 17.0 Å². The highest BCUT2D eigenvalue weighted by molar-refractivity contribution is 7.14. The van der Waals surface area contributed by atoms with Gasteiger partial charge in [0.2, 0.25) is 0 Å². The zero-order valence-electron chi connectivity index (χ0n) is 11.9. The Morgan fingerprint density at radius 3 is 2.90 bits per heavy atom. The quantitative estimate of drug-likeness (QED) is 0.841. The largest absolute Gasteiger partial charge is 0.384 e. The van der Waals surface area contributed by atoms with E-state index in [0.29, 0.717) is 10.8 Å². The van der Waals surface area contributed by atoms with Crippen LogP contribution in [-0.2, 0) is 0 Å². The summed E-state index contributed by atoms with van der Waals surface area (Å²) in [5.41, 5.74) is 0.999. The van der Waals surface area contributed by atoms with E-state index in [1.165, 1.54) is 43.4 Å². The summed E-state index contributed by atoms with van der Waals surface area (Å²) in [5.74, 6) is 6.15. The van der Waals surface area contributed by atoms with E-state index in [1.54, 1.807) is 0 Å². The Balaban J connectivity index is 1.91. The van der Waals surface area contributed by atoms with Gasteiger partial charge in [-0.25, -0.2) is 0 Å². The van der Waals surface area contributed by atoms with Crippen molar-refractivity contribution in [1.29, 1.82) is 0 Å². The molecule has 1 amide bonds. The predicted octanol–water partition coefficient (Wildman–Crippen LogP) is 2.71. The van der Waals surface area contributed by atoms with Crippen LogP contribution in [0.5, 0.6) is 0 Å². The van der Waals surface area contributed by atoms with E-state index in [1.807, 2.05) is 13.0 Å². The van der Waals surface area contributed by atoms with E-state index in [2.05, 4.69) is 17.2 Å². The minimum atomic E-state index is -0.152. The molecule has 0 aromatic carbocycles. The number of carbonyl (C=O) groups excluding carboxylic acids is 1. The molecule has 1 aromatic rings. The lowest BCUT2D eigenvalue weighted by molar-refractivity contribution is 0.0947. The van der Waals surface area contributed by atoms with Gasteiger partial charge in [0.05, 0.1) is 9.75 Å². The Hall–Kier alpha value is -1.31. The number of amides is 1. The number of aryl methyl sites for hydroxylation is 1. The third-order valence-electron chi connectivity index (χ3n) is 3.70. The Bertz CT molecular complexity index is 518. The molecule has 0 unspecified atom stereocenters. The van der Waals surface area contributed by atoms with Gasteiger partial charge in [-0.3, -0.25) is 4.79 Å². The summed E-state index contributed by atoms with van der Waals surface area (Å²) in [6.45, 7) is 2.57. The maximum Gasteiger partial charge on any atom is 0.261 e. The molecule has 1 aromatic heterocycles. The molecule has 2 rings (SSSR count). The van der Waals surface area contributed by atoms with Gasteiger partial charge in [0.1, 0.15) is 6.61 Å². The van der Waals surface area contributed by atoms with Gasteiger partial charge in [-0.15, -0.1) is 11.3 Å². The molecule has 1 heterocycles. The molecular formula is C16H21NO2S. The standard InChI is InChI=1S/C16H21NO2S/c1-12-10-15(20-14(12)8-5-9-18)16(19)17-11-13-6-3-2-4-7-13/h10,13,18H,2-4,6-7,9,11H2,1H3,(H,17,19). The van der Waals surface area contributed by atoms with Crippen LogP contribution in [0.15, 0.2) is 6.07 Å². The number of nitrogens with one attached hydrogen (secondary N) is 1. The van der Waals surface area contributed by atoms with Crippen LogP contribution in [0.25, 0.3) is 0 Å². The van der Waals surface area contributed by atoms with Gasteiger partial charge in [0, 0.05) is 6.54 Å². The molecule has 1 fully saturated rings. The number of carbonyl (C=O) groups is 1. The van der Waals surface area contributed by atoms with Crippen molar-refractivity contribution in [3.05, 3.63) is 21.4 Å². The van der Waals surface area contributed by atoms with Crippen LogP contribution in [0, 0.1) is 24.7 Å². The molecule has 0 radical (unpaired) electrons. The third-order valence-corrected chi connectivity index (χ3v) is 4.85. The lowest BCUT2D eigenvalue weighted by Gasteiger charge is -2.21. The van der Waals surface area contributed by atoms with Crippen molar-refractivity contribution in [2.24, 2.45) is 5.92 Å². The van der Waals surface area contributed by atoms with Crippen molar-refractivity contribution in [3.63, 3.8) is 0 Å². The molecule has 0 spiro atoms. The molecule has 0 saturated heterocycles.